The maximum Gasteiger partial charge on any atom is 0.332 e. The number of halogens is 1. The first-order valence-electron chi connectivity index (χ1n) is 7.42. The van der Waals surface area contributed by atoms with Crippen LogP contribution in [0.4, 0.5) is 11.4 Å². The first kappa shape index (κ1) is 22.8. The van der Waals surface area contributed by atoms with Crippen molar-refractivity contribution < 1.29 is 31.7 Å². The Morgan fingerprint density at radius 1 is 1.36 bits per heavy atom. The first-order valence-corrected chi connectivity index (χ1v) is 7.42. The van der Waals surface area contributed by atoms with E-state index >= 15 is 0 Å². The highest BCUT2D eigenvalue weighted by Gasteiger charge is 2.33. The minimum absolute atomic E-state index is 0. The van der Waals surface area contributed by atoms with Gasteiger partial charge in [0.25, 0.3) is 5.69 Å². The standard InChI is InChI=1S/C15H22N4O5.ClH/c1-19(2,15(21)10-16-7-4-8-17-11-20)13-9-12(18(22)23)5-6-14(13)24-3;/h5-6,9,11,16H,4,7-8,10H2,1-3H3;1H. The fourth-order valence-electron chi connectivity index (χ4n) is 2.13. The lowest BCUT2D eigenvalue weighted by atomic mass is 10.2. The van der Waals surface area contributed by atoms with E-state index in [2.05, 4.69) is 10.6 Å². The Labute approximate surface area is 152 Å². The number of nitro benzene ring substituents is 1. The lowest BCUT2D eigenvalue weighted by Crippen LogP contribution is -3.00. The van der Waals surface area contributed by atoms with Crippen LogP contribution in [-0.4, -0.2) is 58.1 Å². The van der Waals surface area contributed by atoms with Crippen LogP contribution in [0.3, 0.4) is 0 Å². The van der Waals surface area contributed by atoms with Crippen molar-refractivity contribution in [3.63, 3.8) is 0 Å². The van der Waals surface area contributed by atoms with E-state index < -0.39 is 4.92 Å². The average Bonchev–Trinajstić information content (AvgIpc) is 2.56. The monoisotopic (exact) mass is 374 g/mol. The van der Waals surface area contributed by atoms with Crippen molar-refractivity contribution in [2.75, 3.05) is 40.8 Å². The van der Waals surface area contributed by atoms with Crippen LogP contribution in [-0.2, 0) is 9.59 Å². The summed E-state index contributed by atoms with van der Waals surface area (Å²) in [5, 5.41) is 16.5. The molecule has 1 aromatic carbocycles. The largest absolute Gasteiger partial charge is 1.00 e. The first-order chi connectivity index (χ1) is 11.3. The van der Waals surface area contributed by atoms with E-state index in [1.165, 1.54) is 25.3 Å². The smallest absolute Gasteiger partial charge is 0.332 e. The summed E-state index contributed by atoms with van der Waals surface area (Å²) in [5.74, 6) is 0.242. The topological polar surface area (TPSA) is 111 Å². The third-order valence-electron chi connectivity index (χ3n) is 3.63. The van der Waals surface area contributed by atoms with Gasteiger partial charge < -0.3 is 27.8 Å². The number of hydrogen-bond donors (Lipinski definition) is 2. The summed E-state index contributed by atoms with van der Waals surface area (Å²) in [6.45, 7) is 1.19. The molecule has 0 saturated carbocycles. The summed E-state index contributed by atoms with van der Waals surface area (Å²) in [5.41, 5.74) is 0.318. The number of ether oxygens (including phenoxy) is 1. The molecule has 0 fully saturated rings. The molecule has 1 aromatic rings. The number of nitro groups is 1. The number of non-ortho nitro benzene ring substituents is 1. The van der Waals surface area contributed by atoms with Crippen LogP contribution in [0.15, 0.2) is 18.2 Å². The van der Waals surface area contributed by atoms with Crippen molar-refractivity contribution in [3.05, 3.63) is 28.3 Å². The molecule has 0 radical (unpaired) electrons. The number of hydrogen-bond acceptors (Lipinski definition) is 6. The average molecular weight is 375 g/mol. The number of carbonyl (C=O) groups excluding carboxylic acids is 2. The van der Waals surface area contributed by atoms with E-state index in [4.69, 9.17) is 4.74 Å². The molecular formula is C15H23ClN4O5. The Morgan fingerprint density at radius 3 is 2.60 bits per heavy atom. The Balaban J connectivity index is 0.00000576. The maximum atomic E-state index is 12.5. The van der Waals surface area contributed by atoms with Crippen LogP contribution in [0.1, 0.15) is 6.42 Å². The lowest BCUT2D eigenvalue weighted by Gasteiger charge is -2.27. The number of nitrogens with zero attached hydrogens (tertiary/aromatic N) is 2. The molecule has 2 amide bonds. The highest BCUT2D eigenvalue weighted by molar-refractivity contribution is 5.91. The van der Waals surface area contributed by atoms with Crippen molar-refractivity contribution in [2.45, 2.75) is 6.42 Å². The predicted molar refractivity (Wildman–Crippen MR) is 89.9 cm³/mol. The van der Waals surface area contributed by atoms with Gasteiger partial charge in [-0.15, -0.1) is 0 Å². The SMILES string of the molecule is COc1ccc([N+](=O)[O-])cc1[N+](C)(C)C(=O)CNCCCNC=O.[Cl-]. The van der Waals surface area contributed by atoms with Gasteiger partial charge in [0, 0.05) is 12.6 Å². The second-order valence-electron chi connectivity index (χ2n) is 5.56. The van der Waals surface area contributed by atoms with Gasteiger partial charge in [-0.1, -0.05) is 0 Å². The number of methoxy groups -OCH3 is 1. The lowest BCUT2D eigenvalue weighted by molar-refractivity contribution is -0.384. The van der Waals surface area contributed by atoms with E-state index in [1.54, 1.807) is 14.1 Å². The van der Waals surface area contributed by atoms with Gasteiger partial charge in [-0.05, 0) is 19.0 Å². The molecule has 0 aliphatic rings. The van der Waals surface area contributed by atoms with E-state index in [0.29, 0.717) is 37.4 Å². The van der Waals surface area contributed by atoms with Gasteiger partial charge in [0.2, 0.25) is 6.41 Å². The number of likely N-dealkylation sites (N-methyl/N-ethyl adjacent to an activating group) is 1. The number of carbonyl (C=O) groups is 2. The van der Waals surface area contributed by atoms with Crippen molar-refractivity contribution in [3.8, 4) is 5.75 Å². The van der Waals surface area contributed by atoms with Crippen LogP contribution in [0.2, 0.25) is 0 Å². The fourth-order valence-corrected chi connectivity index (χ4v) is 2.13. The quantitative estimate of drug-likeness (QED) is 0.153. The molecule has 2 N–H and O–H groups in total. The molecule has 0 unspecified atom stereocenters. The third kappa shape index (κ3) is 6.29. The minimum Gasteiger partial charge on any atom is -1.00 e. The molecular weight excluding hydrogens is 352 g/mol. The van der Waals surface area contributed by atoms with Gasteiger partial charge in [-0.25, -0.2) is 9.28 Å². The molecule has 0 saturated heterocycles. The highest BCUT2D eigenvalue weighted by atomic mass is 35.5. The third-order valence-corrected chi connectivity index (χ3v) is 3.63. The Hall–Kier alpha value is -2.23. The zero-order valence-electron chi connectivity index (χ0n) is 14.5. The van der Waals surface area contributed by atoms with E-state index in [-0.39, 0.29) is 35.0 Å². The number of amides is 2. The van der Waals surface area contributed by atoms with Crippen LogP contribution >= 0.6 is 0 Å². The minimum atomic E-state index is -0.508. The van der Waals surface area contributed by atoms with Crippen molar-refractivity contribution in [1.82, 2.24) is 15.1 Å². The number of quaternary nitrogens is 1. The van der Waals surface area contributed by atoms with Crippen LogP contribution < -0.4 is 32.3 Å². The normalized spacial score (nSPS) is 10.5. The summed E-state index contributed by atoms with van der Waals surface area (Å²) in [6.07, 6.45) is 1.32. The van der Waals surface area contributed by atoms with Crippen LogP contribution in [0, 0.1) is 10.1 Å². The van der Waals surface area contributed by atoms with Crippen LogP contribution in [0.25, 0.3) is 0 Å². The molecule has 1 rings (SSSR count). The van der Waals surface area contributed by atoms with Crippen LogP contribution in [0.5, 0.6) is 5.75 Å². The number of rotatable bonds is 10. The molecule has 10 heteroatoms. The Morgan fingerprint density at radius 2 is 2.04 bits per heavy atom. The summed E-state index contributed by atoms with van der Waals surface area (Å²) < 4.78 is 5.04. The van der Waals surface area contributed by atoms with Gasteiger partial charge in [-0.2, -0.15) is 0 Å². The zero-order chi connectivity index (χ0) is 18.2. The molecule has 140 valence electrons. The second kappa shape index (κ2) is 10.6. The van der Waals surface area contributed by atoms with Gasteiger partial charge in [0.05, 0.1) is 32.2 Å². The van der Waals surface area contributed by atoms with Gasteiger partial charge >= 0.3 is 5.91 Å². The molecule has 0 bridgehead atoms. The molecule has 0 spiro atoms. The van der Waals surface area contributed by atoms with Gasteiger partial charge in [0.1, 0.15) is 6.54 Å². The fraction of sp³-hybridized carbons (Fsp3) is 0.467. The molecule has 25 heavy (non-hydrogen) atoms. The van der Waals surface area contributed by atoms with Gasteiger partial charge in [-0.3, -0.25) is 14.9 Å². The van der Waals surface area contributed by atoms with E-state index in [0.717, 1.165) is 0 Å². The number of benzene rings is 1. The van der Waals surface area contributed by atoms with Crippen molar-refractivity contribution in [2.24, 2.45) is 0 Å². The summed E-state index contributed by atoms with van der Waals surface area (Å²) in [7, 11) is 4.76. The highest BCUT2D eigenvalue weighted by Crippen LogP contribution is 2.34. The summed E-state index contributed by atoms with van der Waals surface area (Å²) in [6, 6.07) is 4.18. The second-order valence-corrected chi connectivity index (χ2v) is 5.56. The van der Waals surface area contributed by atoms with Gasteiger partial charge in [0.15, 0.2) is 11.4 Å². The zero-order valence-corrected chi connectivity index (χ0v) is 15.2. The predicted octanol–water partition coefficient (Wildman–Crippen LogP) is -2.57. The Kier molecular flexibility index (Phi) is 9.65. The molecule has 0 heterocycles. The Bertz CT molecular complexity index is 610. The van der Waals surface area contributed by atoms with Crippen molar-refractivity contribution >= 4 is 23.7 Å². The maximum absolute atomic E-state index is 12.5. The molecule has 0 aliphatic heterocycles. The molecule has 0 atom stereocenters. The molecule has 0 aromatic heterocycles. The van der Waals surface area contributed by atoms with E-state index in [1.807, 2.05) is 0 Å². The summed E-state index contributed by atoms with van der Waals surface area (Å²) >= 11 is 0. The molecule has 0 aliphatic carbocycles. The number of nitrogens with one attached hydrogen (secondary N) is 2. The van der Waals surface area contributed by atoms with Crippen molar-refractivity contribution in [1.29, 1.82) is 0 Å². The molecule has 9 nitrogen and oxygen atoms in total. The summed E-state index contributed by atoms with van der Waals surface area (Å²) in [4.78, 5) is 33.1. The van der Waals surface area contributed by atoms with E-state index in [9.17, 15) is 19.7 Å².